The van der Waals surface area contributed by atoms with Crippen LogP contribution in [-0.4, -0.2) is 89.3 Å². The maximum atomic E-state index is 5.86. The molecule has 2 heterocycles. The first-order valence-corrected chi connectivity index (χ1v) is 11.8. The Kier molecular flexibility index (Phi) is 12.9. The Morgan fingerprint density at radius 2 is 1.73 bits per heavy atom. The predicted octanol–water partition coefficient (Wildman–Crippen LogP) is 2.64. The molecule has 7 nitrogen and oxygen atoms in total. The third kappa shape index (κ3) is 8.41. The molecule has 0 unspecified atom stereocenters. The fraction of sp³-hybridized carbons (Fsp3) is 0.955. The summed E-state index contributed by atoms with van der Waals surface area (Å²) in [4.78, 5) is 7.10. The molecule has 2 N–H and O–H groups in total. The minimum absolute atomic E-state index is 0. The first-order valence-electron chi connectivity index (χ1n) is 11.8. The number of hydrogen-bond acceptors (Lipinski definition) is 5. The largest absolute Gasteiger partial charge is 0.381 e. The molecule has 2 aliphatic heterocycles. The van der Waals surface area contributed by atoms with Crippen LogP contribution in [0.5, 0.6) is 0 Å². The van der Waals surface area contributed by atoms with Crippen molar-refractivity contribution in [1.29, 1.82) is 0 Å². The molecule has 0 atom stereocenters. The van der Waals surface area contributed by atoms with E-state index < -0.39 is 0 Å². The number of rotatable bonds is 9. The molecule has 2 saturated heterocycles. The zero-order valence-electron chi connectivity index (χ0n) is 18.8. The Labute approximate surface area is 200 Å². The molecule has 0 aromatic rings. The molecule has 0 radical (unpaired) electrons. The molecule has 0 bridgehead atoms. The summed E-state index contributed by atoms with van der Waals surface area (Å²) in [5.41, 5.74) is 0.256. The number of halogens is 1. The van der Waals surface area contributed by atoms with Gasteiger partial charge < -0.3 is 24.8 Å². The van der Waals surface area contributed by atoms with Gasteiger partial charge in [-0.1, -0.05) is 19.3 Å². The van der Waals surface area contributed by atoms with E-state index in [0.29, 0.717) is 5.92 Å². The predicted molar refractivity (Wildman–Crippen MR) is 132 cm³/mol. The number of aliphatic imine (C=N–C) groups is 1. The van der Waals surface area contributed by atoms with E-state index in [9.17, 15) is 0 Å². The molecule has 0 aromatic carbocycles. The quantitative estimate of drug-likeness (QED) is 0.204. The summed E-state index contributed by atoms with van der Waals surface area (Å²) in [7, 11) is 1.86. The molecule has 3 rings (SSSR count). The third-order valence-corrected chi connectivity index (χ3v) is 6.73. The molecule has 176 valence electrons. The minimum atomic E-state index is 0. The monoisotopic (exact) mass is 538 g/mol. The summed E-state index contributed by atoms with van der Waals surface area (Å²) in [6.07, 6.45) is 9.85. The SMILES string of the molecule is CN=C(NCCCOCC1CCOCC1)NCC1(N2CCOCC2)CCCCC1.I. The van der Waals surface area contributed by atoms with Crippen LogP contribution in [0.3, 0.4) is 0 Å². The van der Waals surface area contributed by atoms with Crippen LogP contribution in [0.15, 0.2) is 4.99 Å². The van der Waals surface area contributed by atoms with E-state index in [1.165, 1.54) is 32.1 Å². The summed E-state index contributed by atoms with van der Waals surface area (Å²) in [6.45, 7) is 9.15. The fourth-order valence-electron chi connectivity index (χ4n) is 4.87. The lowest BCUT2D eigenvalue weighted by Gasteiger charge is -2.48. The molecular weight excluding hydrogens is 495 g/mol. The summed E-state index contributed by atoms with van der Waals surface area (Å²) in [6, 6.07) is 0. The van der Waals surface area contributed by atoms with E-state index in [0.717, 1.165) is 91.0 Å². The Morgan fingerprint density at radius 1 is 1.03 bits per heavy atom. The van der Waals surface area contributed by atoms with Crippen LogP contribution >= 0.6 is 24.0 Å². The summed E-state index contributed by atoms with van der Waals surface area (Å²) in [5, 5.41) is 7.08. The van der Waals surface area contributed by atoms with Crippen molar-refractivity contribution in [2.75, 3.05) is 72.9 Å². The van der Waals surface area contributed by atoms with E-state index >= 15 is 0 Å². The van der Waals surface area contributed by atoms with Crippen LogP contribution in [0, 0.1) is 5.92 Å². The van der Waals surface area contributed by atoms with Crippen LogP contribution < -0.4 is 10.6 Å². The normalized spacial score (nSPS) is 23.6. The number of morpholine rings is 1. The highest BCUT2D eigenvalue weighted by atomic mass is 127. The van der Waals surface area contributed by atoms with Gasteiger partial charge >= 0.3 is 0 Å². The van der Waals surface area contributed by atoms with Gasteiger partial charge in [0.05, 0.1) is 13.2 Å². The van der Waals surface area contributed by atoms with E-state index in [4.69, 9.17) is 14.2 Å². The van der Waals surface area contributed by atoms with E-state index in [-0.39, 0.29) is 29.5 Å². The Hall–Kier alpha value is -0.160. The third-order valence-electron chi connectivity index (χ3n) is 6.73. The maximum Gasteiger partial charge on any atom is 0.191 e. The summed E-state index contributed by atoms with van der Waals surface area (Å²) in [5.74, 6) is 1.59. The second-order valence-corrected chi connectivity index (χ2v) is 8.72. The van der Waals surface area contributed by atoms with Crippen LogP contribution in [0.2, 0.25) is 0 Å². The van der Waals surface area contributed by atoms with Gasteiger partial charge in [0.25, 0.3) is 0 Å². The molecule has 3 fully saturated rings. The van der Waals surface area contributed by atoms with E-state index in [1.54, 1.807) is 0 Å². The summed E-state index contributed by atoms with van der Waals surface area (Å²) < 4.78 is 16.9. The number of hydrogen-bond donors (Lipinski definition) is 2. The van der Waals surface area contributed by atoms with Crippen molar-refractivity contribution in [3.8, 4) is 0 Å². The second-order valence-electron chi connectivity index (χ2n) is 8.72. The highest BCUT2D eigenvalue weighted by molar-refractivity contribution is 14.0. The Bertz CT molecular complexity index is 477. The average Bonchev–Trinajstić information content (AvgIpc) is 2.80. The zero-order chi connectivity index (χ0) is 20.2. The van der Waals surface area contributed by atoms with Gasteiger partial charge in [0.2, 0.25) is 0 Å². The van der Waals surface area contributed by atoms with Crippen LogP contribution in [0.25, 0.3) is 0 Å². The molecule has 0 spiro atoms. The molecular formula is C22H43IN4O3. The molecule has 3 aliphatic rings. The fourth-order valence-corrected chi connectivity index (χ4v) is 4.87. The van der Waals surface area contributed by atoms with E-state index in [1.807, 2.05) is 7.05 Å². The topological polar surface area (TPSA) is 67.4 Å². The second kappa shape index (κ2) is 14.8. The van der Waals surface area contributed by atoms with Crippen molar-refractivity contribution in [2.24, 2.45) is 10.9 Å². The summed E-state index contributed by atoms with van der Waals surface area (Å²) >= 11 is 0. The van der Waals surface area contributed by atoms with Crippen LogP contribution in [-0.2, 0) is 14.2 Å². The molecule has 30 heavy (non-hydrogen) atoms. The highest BCUT2D eigenvalue weighted by Gasteiger charge is 2.38. The number of ether oxygens (including phenoxy) is 3. The number of nitrogens with one attached hydrogen (secondary N) is 2. The van der Waals surface area contributed by atoms with Gasteiger partial charge in [0, 0.05) is 65.2 Å². The number of guanidine groups is 1. The van der Waals surface area contributed by atoms with Crippen molar-refractivity contribution >= 4 is 29.9 Å². The smallest absolute Gasteiger partial charge is 0.191 e. The van der Waals surface area contributed by atoms with Gasteiger partial charge in [-0.05, 0) is 38.0 Å². The van der Waals surface area contributed by atoms with Gasteiger partial charge in [-0.15, -0.1) is 24.0 Å². The lowest BCUT2D eigenvalue weighted by Crippen LogP contribution is -2.60. The lowest BCUT2D eigenvalue weighted by molar-refractivity contribution is -0.0352. The van der Waals surface area contributed by atoms with Gasteiger partial charge in [0.15, 0.2) is 5.96 Å². The van der Waals surface area contributed by atoms with Crippen molar-refractivity contribution < 1.29 is 14.2 Å². The lowest BCUT2D eigenvalue weighted by atomic mass is 9.80. The molecule has 0 aromatic heterocycles. The molecule has 8 heteroatoms. The molecule has 1 aliphatic carbocycles. The Morgan fingerprint density at radius 3 is 2.43 bits per heavy atom. The number of nitrogens with zero attached hydrogens (tertiary/aromatic N) is 2. The van der Waals surface area contributed by atoms with Crippen molar-refractivity contribution in [2.45, 2.75) is 56.9 Å². The first-order chi connectivity index (χ1) is 14.3. The highest BCUT2D eigenvalue weighted by Crippen LogP contribution is 2.33. The van der Waals surface area contributed by atoms with Crippen LogP contribution in [0.4, 0.5) is 0 Å². The van der Waals surface area contributed by atoms with Gasteiger partial charge in [-0.2, -0.15) is 0 Å². The van der Waals surface area contributed by atoms with Crippen molar-refractivity contribution in [3.63, 3.8) is 0 Å². The van der Waals surface area contributed by atoms with Gasteiger partial charge in [0.1, 0.15) is 0 Å². The van der Waals surface area contributed by atoms with Gasteiger partial charge in [-0.25, -0.2) is 0 Å². The minimum Gasteiger partial charge on any atom is -0.381 e. The molecule has 1 saturated carbocycles. The standard InChI is InChI=1S/C22H42N4O3.HI/c1-23-21(24-10-5-13-29-18-20-6-14-27-15-7-20)25-19-22(8-3-2-4-9-22)26-11-16-28-17-12-26;/h20H,2-19H2,1H3,(H2,23,24,25);1H. The maximum absolute atomic E-state index is 5.86. The first kappa shape index (κ1) is 26.1. The zero-order valence-corrected chi connectivity index (χ0v) is 21.2. The molecule has 0 amide bonds. The van der Waals surface area contributed by atoms with E-state index in [2.05, 4.69) is 20.5 Å². The van der Waals surface area contributed by atoms with Crippen molar-refractivity contribution in [3.05, 3.63) is 0 Å². The van der Waals surface area contributed by atoms with Crippen LogP contribution in [0.1, 0.15) is 51.4 Å². The average molecular weight is 539 g/mol. The Balaban J connectivity index is 0.00000320. The van der Waals surface area contributed by atoms with Crippen molar-refractivity contribution in [1.82, 2.24) is 15.5 Å². The van der Waals surface area contributed by atoms with Gasteiger partial charge in [-0.3, -0.25) is 9.89 Å².